The van der Waals surface area contributed by atoms with Gasteiger partial charge in [-0.15, -0.1) is 0 Å². The van der Waals surface area contributed by atoms with Crippen LogP contribution in [0.4, 0.5) is 11.6 Å². The lowest BCUT2D eigenvalue weighted by Gasteiger charge is -2.16. The Hall–Kier alpha value is -3.47. The Morgan fingerprint density at radius 3 is 2.70 bits per heavy atom. The smallest absolute Gasteiger partial charge is 0.215 e. The highest BCUT2D eigenvalue weighted by molar-refractivity contribution is 9.10. The maximum Gasteiger partial charge on any atom is 0.215 e. The molecule has 0 aliphatic carbocycles. The van der Waals surface area contributed by atoms with Gasteiger partial charge >= 0.3 is 0 Å². The number of hydrogen-bond donors (Lipinski definition) is 2. The van der Waals surface area contributed by atoms with Crippen molar-refractivity contribution in [3.8, 4) is 22.4 Å². The zero-order valence-corrected chi connectivity index (χ0v) is 19.1. The molecule has 4 aromatic rings. The zero-order chi connectivity index (χ0) is 23.2. The number of benzene rings is 1. The average Bonchev–Trinajstić information content (AvgIpc) is 2.84. The van der Waals surface area contributed by atoms with E-state index in [9.17, 15) is 4.79 Å². The van der Waals surface area contributed by atoms with Crippen LogP contribution in [0.2, 0.25) is 0 Å². The molecule has 33 heavy (non-hydrogen) atoms. The lowest BCUT2D eigenvalue weighted by molar-refractivity contribution is -0.107. The highest BCUT2D eigenvalue weighted by Crippen LogP contribution is 2.34. The number of fused-ring (bicyclic) bond motifs is 1. The van der Waals surface area contributed by atoms with Crippen LogP contribution in [-0.4, -0.2) is 57.8 Å². The Balaban J connectivity index is 1.71. The Labute approximate surface area is 198 Å². The second-order valence-electron chi connectivity index (χ2n) is 7.06. The number of ether oxygens (including phenoxy) is 1. The molecule has 4 rings (SSSR count). The van der Waals surface area contributed by atoms with Crippen LogP contribution in [0.5, 0.6) is 0 Å². The molecule has 9 nitrogen and oxygen atoms in total. The van der Waals surface area contributed by atoms with E-state index >= 15 is 0 Å². The van der Waals surface area contributed by atoms with E-state index in [0.29, 0.717) is 47.9 Å². The van der Waals surface area contributed by atoms with E-state index in [1.807, 2.05) is 36.4 Å². The summed E-state index contributed by atoms with van der Waals surface area (Å²) >= 11 is 3.52. The van der Waals surface area contributed by atoms with Crippen molar-refractivity contribution in [2.75, 3.05) is 37.0 Å². The van der Waals surface area contributed by atoms with Crippen molar-refractivity contribution in [2.24, 2.45) is 0 Å². The molecule has 0 atom stereocenters. The van der Waals surface area contributed by atoms with E-state index in [4.69, 9.17) is 15.6 Å². The number of aromatic nitrogens is 4. The highest BCUT2D eigenvalue weighted by atomic mass is 79.9. The van der Waals surface area contributed by atoms with Crippen molar-refractivity contribution >= 4 is 45.0 Å². The van der Waals surface area contributed by atoms with E-state index in [2.05, 4.69) is 35.9 Å². The number of pyridine rings is 2. The van der Waals surface area contributed by atoms with Crippen LogP contribution in [-0.2, 0) is 9.53 Å². The van der Waals surface area contributed by atoms with Gasteiger partial charge < -0.3 is 15.6 Å². The van der Waals surface area contributed by atoms with Crippen molar-refractivity contribution in [1.29, 1.82) is 0 Å². The molecule has 1 aromatic carbocycles. The second kappa shape index (κ2) is 10.4. The van der Waals surface area contributed by atoms with Gasteiger partial charge in [0, 0.05) is 16.2 Å². The average molecular weight is 509 g/mol. The summed E-state index contributed by atoms with van der Waals surface area (Å²) in [4.78, 5) is 30.5. The summed E-state index contributed by atoms with van der Waals surface area (Å²) in [6.45, 7) is 0.783. The fourth-order valence-electron chi connectivity index (χ4n) is 3.38. The third kappa shape index (κ3) is 5.14. The summed E-state index contributed by atoms with van der Waals surface area (Å²) in [7, 11) is 0. The summed E-state index contributed by atoms with van der Waals surface area (Å²) in [5, 5.41) is 9.47. The van der Waals surface area contributed by atoms with E-state index in [1.165, 1.54) is 11.2 Å². The van der Waals surface area contributed by atoms with Crippen LogP contribution in [0.15, 0.2) is 59.5 Å². The normalized spacial score (nSPS) is 11.0. The maximum atomic E-state index is 11.5. The van der Waals surface area contributed by atoms with Crippen LogP contribution >= 0.6 is 15.9 Å². The molecular formula is C23H21BrN6O3. The van der Waals surface area contributed by atoms with Crippen molar-refractivity contribution < 1.29 is 14.6 Å². The van der Waals surface area contributed by atoms with Gasteiger partial charge in [-0.25, -0.2) is 19.9 Å². The molecule has 0 unspecified atom stereocenters. The first kappa shape index (κ1) is 22.7. The molecule has 1 amide bonds. The molecule has 0 radical (unpaired) electrons. The number of aliphatic hydroxyl groups is 1. The van der Waals surface area contributed by atoms with Crippen LogP contribution in [0.25, 0.3) is 33.4 Å². The van der Waals surface area contributed by atoms with Crippen LogP contribution < -0.4 is 10.6 Å². The number of carbonyl (C=O) groups excluding carboxylic acids is 1. The van der Waals surface area contributed by atoms with E-state index in [-0.39, 0.29) is 13.2 Å². The fourth-order valence-corrected chi connectivity index (χ4v) is 3.78. The molecule has 0 spiro atoms. The molecule has 0 aliphatic rings. The Morgan fingerprint density at radius 1 is 1.09 bits per heavy atom. The van der Waals surface area contributed by atoms with Gasteiger partial charge in [-0.3, -0.25) is 9.69 Å². The topological polar surface area (TPSA) is 127 Å². The first-order chi connectivity index (χ1) is 16.1. The van der Waals surface area contributed by atoms with Crippen LogP contribution in [0.3, 0.4) is 0 Å². The van der Waals surface area contributed by atoms with E-state index in [0.717, 1.165) is 21.2 Å². The quantitative estimate of drug-likeness (QED) is 0.260. The van der Waals surface area contributed by atoms with Gasteiger partial charge in [-0.2, -0.15) is 0 Å². The van der Waals surface area contributed by atoms with Gasteiger partial charge in [0.1, 0.15) is 18.0 Å². The number of amides is 1. The molecule has 0 fully saturated rings. The highest BCUT2D eigenvalue weighted by Gasteiger charge is 2.15. The molecule has 0 bridgehead atoms. The Bertz CT molecular complexity index is 1270. The molecule has 0 aliphatic heterocycles. The monoisotopic (exact) mass is 508 g/mol. The largest absolute Gasteiger partial charge is 0.394 e. The predicted molar refractivity (Wildman–Crippen MR) is 129 cm³/mol. The zero-order valence-electron chi connectivity index (χ0n) is 17.6. The van der Waals surface area contributed by atoms with Crippen molar-refractivity contribution in [1.82, 2.24) is 19.9 Å². The molecule has 10 heteroatoms. The number of carbonyl (C=O) groups is 1. The van der Waals surface area contributed by atoms with Gasteiger partial charge in [-0.05, 0) is 41.5 Å². The molecule has 3 heterocycles. The number of aliphatic hydroxyl groups excluding tert-OH is 1. The molecule has 168 valence electrons. The SMILES string of the molecule is Nc1ncnc2nc(-c3ccc(N(C=O)CCOCCO)nc3)cc(-c3cccc(Br)c3)c12. The van der Waals surface area contributed by atoms with Gasteiger partial charge in [0.15, 0.2) is 5.65 Å². The number of hydrogen-bond acceptors (Lipinski definition) is 8. The number of nitrogens with zero attached hydrogens (tertiary/aromatic N) is 5. The lowest BCUT2D eigenvalue weighted by atomic mass is 10.0. The summed E-state index contributed by atoms with van der Waals surface area (Å²) in [5.41, 5.74) is 9.88. The van der Waals surface area contributed by atoms with E-state index < -0.39 is 0 Å². The first-order valence-corrected chi connectivity index (χ1v) is 10.9. The number of nitrogens with two attached hydrogens (primary N) is 1. The molecule has 3 N–H and O–H groups in total. The maximum absolute atomic E-state index is 11.5. The van der Waals surface area contributed by atoms with Crippen molar-refractivity contribution in [3.05, 3.63) is 59.5 Å². The van der Waals surface area contributed by atoms with Gasteiger partial charge in [0.25, 0.3) is 0 Å². The number of halogens is 1. The molecule has 0 saturated heterocycles. The Kier molecular flexibility index (Phi) is 7.18. The summed E-state index contributed by atoms with van der Waals surface area (Å²) in [6, 6.07) is 13.4. The number of nitrogen functional groups attached to an aromatic ring is 1. The van der Waals surface area contributed by atoms with Crippen LogP contribution in [0.1, 0.15) is 0 Å². The van der Waals surface area contributed by atoms with Crippen molar-refractivity contribution in [2.45, 2.75) is 0 Å². The molecule has 3 aromatic heterocycles. The lowest BCUT2D eigenvalue weighted by Crippen LogP contribution is -2.27. The molecule has 0 saturated carbocycles. The predicted octanol–water partition coefficient (Wildman–Crippen LogP) is 3.07. The standard InChI is InChI=1S/C23H21BrN6O3/c24-17-3-1-2-15(10-17)18-11-19(29-23-21(18)22(25)27-13-28-23)16-4-5-20(26-12-16)30(14-32)6-8-33-9-7-31/h1-5,10-14,31H,6-9H2,(H2,25,27,28,29). The minimum atomic E-state index is -0.0642. The fraction of sp³-hybridized carbons (Fsp3) is 0.174. The van der Waals surface area contributed by atoms with Gasteiger partial charge in [-0.1, -0.05) is 28.1 Å². The third-order valence-electron chi connectivity index (χ3n) is 4.95. The second-order valence-corrected chi connectivity index (χ2v) is 7.98. The minimum absolute atomic E-state index is 0.0642. The van der Waals surface area contributed by atoms with E-state index in [1.54, 1.807) is 12.3 Å². The molecular weight excluding hydrogens is 488 g/mol. The summed E-state index contributed by atoms with van der Waals surface area (Å²) < 4.78 is 6.16. The number of rotatable bonds is 9. The van der Waals surface area contributed by atoms with Crippen molar-refractivity contribution in [3.63, 3.8) is 0 Å². The number of anilines is 2. The van der Waals surface area contributed by atoms with Crippen LogP contribution in [0, 0.1) is 0 Å². The first-order valence-electron chi connectivity index (χ1n) is 10.1. The summed E-state index contributed by atoms with van der Waals surface area (Å²) in [6.07, 6.45) is 3.74. The minimum Gasteiger partial charge on any atom is -0.394 e. The Morgan fingerprint density at radius 2 is 1.97 bits per heavy atom. The third-order valence-corrected chi connectivity index (χ3v) is 5.44. The summed E-state index contributed by atoms with van der Waals surface area (Å²) in [5.74, 6) is 0.841. The van der Waals surface area contributed by atoms with Gasteiger partial charge in [0.05, 0.1) is 37.4 Å². The van der Waals surface area contributed by atoms with Gasteiger partial charge in [0.2, 0.25) is 6.41 Å².